The maximum absolute atomic E-state index is 5.27. The zero-order valence-electron chi connectivity index (χ0n) is 16.5. The van der Waals surface area contributed by atoms with E-state index in [0.29, 0.717) is 0 Å². The van der Waals surface area contributed by atoms with E-state index in [1.54, 1.807) is 7.11 Å². The molecular formula is C20H34N4O. The normalized spacial score (nSPS) is 17.7. The molecule has 5 nitrogen and oxygen atoms in total. The van der Waals surface area contributed by atoms with Crippen LogP contribution in [0.4, 0.5) is 0 Å². The first-order valence-corrected chi connectivity index (χ1v) is 9.38. The van der Waals surface area contributed by atoms with E-state index >= 15 is 0 Å². The molecule has 25 heavy (non-hydrogen) atoms. The van der Waals surface area contributed by atoms with Crippen molar-refractivity contribution in [1.29, 1.82) is 0 Å². The minimum atomic E-state index is 0.253. The Morgan fingerprint density at radius 1 is 1.28 bits per heavy atom. The molecule has 1 N–H and O–H groups in total. The maximum atomic E-state index is 5.27. The van der Waals surface area contributed by atoms with Gasteiger partial charge in [0.2, 0.25) is 0 Å². The number of aliphatic imine (C=N–C) groups is 1. The number of hydrogen-bond acceptors (Lipinski definition) is 3. The van der Waals surface area contributed by atoms with Crippen LogP contribution in [0.15, 0.2) is 29.3 Å². The van der Waals surface area contributed by atoms with Gasteiger partial charge in [0.05, 0.1) is 19.7 Å². The van der Waals surface area contributed by atoms with Crippen molar-refractivity contribution < 1.29 is 4.74 Å². The molecule has 1 aliphatic rings. The second-order valence-corrected chi connectivity index (χ2v) is 7.12. The van der Waals surface area contributed by atoms with Crippen LogP contribution < -0.4 is 10.1 Å². The number of rotatable bonds is 6. The molecule has 0 saturated carbocycles. The topological polar surface area (TPSA) is 40.1 Å². The summed E-state index contributed by atoms with van der Waals surface area (Å²) in [4.78, 5) is 9.60. The molecule has 1 aromatic rings. The molecule has 1 atom stereocenters. The van der Waals surface area contributed by atoms with E-state index in [1.165, 1.54) is 18.4 Å². The summed E-state index contributed by atoms with van der Waals surface area (Å²) >= 11 is 0. The Kier molecular flexibility index (Phi) is 7.56. The molecule has 1 aromatic carbocycles. The summed E-state index contributed by atoms with van der Waals surface area (Å²) in [6, 6.07) is 8.56. The van der Waals surface area contributed by atoms with Gasteiger partial charge < -0.3 is 19.9 Å². The van der Waals surface area contributed by atoms with Crippen molar-refractivity contribution in [1.82, 2.24) is 15.1 Å². The summed E-state index contributed by atoms with van der Waals surface area (Å²) in [5.41, 5.74) is 1.26. The number of nitrogens with zero attached hydrogens (tertiary/aromatic N) is 3. The number of guanidine groups is 1. The zero-order chi connectivity index (χ0) is 18.2. The smallest absolute Gasteiger partial charge is 0.193 e. The first-order chi connectivity index (χ1) is 12.0. The first-order valence-electron chi connectivity index (χ1n) is 9.38. The fourth-order valence-electron chi connectivity index (χ4n) is 3.21. The minimum Gasteiger partial charge on any atom is -0.497 e. The summed E-state index contributed by atoms with van der Waals surface area (Å²) in [7, 11) is 5.92. The highest BCUT2D eigenvalue weighted by Gasteiger charge is 2.20. The van der Waals surface area contributed by atoms with Gasteiger partial charge in [0.25, 0.3) is 0 Å². The Hall–Kier alpha value is -1.75. The second kappa shape index (κ2) is 9.66. The standard InChI is InChI=1S/C20H34N4O/c1-6-21-20(24-13-11-16(2)12-14-24)22-15-19(23(3)4)17-7-9-18(25-5)10-8-17/h7-10,16,19H,6,11-15H2,1-5H3,(H,21,22). The van der Waals surface area contributed by atoms with Crippen molar-refractivity contribution in [3.8, 4) is 5.75 Å². The third kappa shape index (κ3) is 5.63. The molecule has 0 aromatic heterocycles. The lowest BCUT2D eigenvalue weighted by Crippen LogP contribution is -2.45. The van der Waals surface area contributed by atoms with Crippen LogP contribution in [0.5, 0.6) is 5.75 Å². The molecule has 0 spiro atoms. The van der Waals surface area contributed by atoms with Crippen LogP contribution >= 0.6 is 0 Å². The van der Waals surface area contributed by atoms with Gasteiger partial charge in [-0.3, -0.25) is 4.99 Å². The number of nitrogens with one attached hydrogen (secondary N) is 1. The van der Waals surface area contributed by atoms with Crippen LogP contribution in [-0.2, 0) is 0 Å². The fourth-order valence-corrected chi connectivity index (χ4v) is 3.21. The number of benzene rings is 1. The maximum Gasteiger partial charge on any atom is 0.193 e. The lowest BCUT2D eigenvalue weighted by Gasteiger charge is -2.33. The van der Waals surface area contributed by atoms with E-state index in [9.17, 15) is 0 Å². The molecular weight excluding hydrogens is 312 g/mol. The monoisotopic (exact) mass is 346 g/mol. The van der Waals surface area contributed by atoms with Crippen molar-refractivity contribution in [3.63, 3.8) is 0 Å². The Labute approximate surface area is 153 Å². The van der Waals surface area contributed by atoms with Crippen LogP contribution in [0.2, 0.25) is 0 Å². The quantitative estimate of drug-likeness (QED) is 0.635. The highest BCUT2D eigenvalue weighted by Crippen LogP contribution is 2.22. The SMILES string of the molecule is CCNC(=NCC(c1ccc(OC)cc1)N(C)C)N1CCC(C)CC1. The van der Waals surface area contributed by atoms with Gasteiger partial charge in [-0.1, -0.05) is 19.1 Å². The lowest BCUT2D eigenvalue weighted by molar-refractivity contribution is 0.270. The summed E-state index contributed by atoms with van der Waals surface area (Å²) < 4.78 is 5.27. The van der Waals surface area contributed by atoms with E-state index in [4.69, 9.17) is 9.73 Å². The molecule has 2 rings (SSSR count). The van der Waals surface area contributed by atoms with Crippen molar-refractivity contribution in [2.75, 3.05) is 47.4 Å². The number of likely N-dealkylation sites (tertiary alicyclic amines) is 1. The van der Waals surface area contributed by atoms with Gasteiger partial charge in [-0.05, 0) is 57.5 Å². The Bertz CT molecular complexity index is 533. The number of ether oxygens (including phenoxy) is 1. The number of methoxy groups -OCH3 is 1. The molecule has 0 aliphatic carbocycles. The van der Waals surface area contributed by atoms with Gasteiger partial charge in [0, 0.05) is 19.6 Å². The average molecular weight is 347 g/mol. The highest BCUT2D eigenvalue weighted by atomic mass is 16.5. The molecule has 0 bridgehead atoms. The number of hydrogen-bond donors (Lipinski definition) is 1. The molecule has 0 radical (unpaired) electrons. The first kappa shape index (κ1) is 19.6. The molecule has 1 unspecified atom stereocenters. The third-order valence-corrected chi connectivity index (χ3v) is 4.96. The van der Waals surface area contributed by atoms with Gasteiger partial charge in [0.1, 0.15) is 5.75 Å². The Morgan fingerprint density at radius 2 is 1.92 bits per heavy atom. The van der Waals surface area contributed by atoms with Crippen molar-refractivity contribution in [2.45, 2.75) is 32.7 Å². The average Bonchev–Trinajstić information content (AvgIpc) is 2.62. The van der Waals surface area contributed by atoms with E-state index in [-0.39, 0.29) is 6.04 Å². The van der Waals surface area contributed by atoms with Crippen molar-refractivity contribution in [2.24, 2.45) is 10.9 Å². The van der Waals surface area contributed by atoms with E-state index in [1.807, 2.05) is 12.1 Å². The van der Waals surface area contributed by atoms with Crippen LogP contribution in [0.1, 0.15) is 38.3 Å². The van der Waals surface area contributed by atoms with Crippen LogP contribution in [0, 0.1) is 5.92 Å². The fraction of sp³-hybridized carbons (Fsp3) is 0.650. The zero-order valence-corrected chi connectivity index (χ0v) is 16.5. The van der Waals surface area contributed by atoms with Crippen molar-refractivity contribution in [3.05, 3.63) is 29.8 Å². The van der Waals surface area contributed by atoms with Gasteiger partial charge in [-0.25, -0.2) is 0 Å². The largest absolute Gasteiger partial charge is 0.497 e. The molecule has 1 aliphatic heterocycles. The molecule has 5 heteroatoms. The van der Waals surface area contributed by atoms with Crippen molar-refractivity contribution >= 4 is 5.96 Å². The van der Waals surface area contributed by atoms with Gasteiger partial charge in [-0.2, -0.15) is 0 Å². The summed E-state index contributed by atoms with van der Waals surface area (Å²) in [6.45, 7) is 8.32. The molecule has 0 amide bonds. The number of likely N-dealkylation sites (N-methyl/N-ethyl adjacent to an activating group) is 1. The molecule has 1 fully saturated rings. The summed E-state index contributed by atoms with van der Waals surface area (Å²) in [5.74, 6) is 2.77. The second-order valence-electron chi connectivity index (χ2n) is 7.12. The van der Waals surface area contributed by atoms with Crippen LogP contribution in [-0.4, -0.2) is 63.1 Å². The molecule has 1 saturated heterocycles. The Morgan fingerprint density at radius 3 is 2.44 bits per heavy atom. The van der Waals surface area contributed by atoms with Crippen LogP contribution in [0.25, 0.3) is 0 Å². The predicted molar refractivity (Wildman–Crippen MR) is 105 cm³/mol. The van der Waals surface area contributed by atoms with Gasteiger partial charge in [-0.15, -0.1) is 0 Å². The minimum absolute atomic E-state index is 0.253. The molecule has 140 valence electrons. The van der Waals surface area contributed by atoms with Gasteiger partial charge in [0.15, 0.2) is 5.96 Å². The summed E-state index contributed by atoms with van der Waals surface area (Å²) in [5, 5.41) is 3.47. The van der Waals surface area contributed by atoms with Crippen LogP contribution in [0.3, 0.4) is 0 Å². The Balaban J connectivity index is 2.10. The molecule has 1 heterocycles. The lowest BCUT2D eigenvalue weighted by atomic mass is 9.99. The number of piperidine rings is 1. The van der Waals surface area contributed by atoms with E-state index in [0.717, 1.165) is 43.8 Å². The third-order valence-electron chi connectivity index (χ3n) is 4.96. The predicted octanol–water partition coefficient (Wildman–Crippen LogP) is 3.00. The van der Waals surface area contributed by atoms with Gasteiger partial charge >= 0.3 is 0 Å². The highest BCUT2D eigenvalue weighted by molar-refractivity contribution is 5.80. The van der Waals surface area contributed by atoms with E-state index < -0.39 is 0 Å². The van der Waals surface area contributed by atoms with E-state index in [2.05, 4.69) is 55.2 Å². The summed E-state index contributed by atoms with van der Waals surface area (Å²) in [6.07, 6.45) is 2.50.